The van der Waals surface area contributed by atoms with Crippen LogP contribution in [-0.2, 0) is 0 Å². The Morgan fingerprint density at radius 2 is 2.38 bits per heavy atom. The van der Waals surface area contributed by atoms with Gasteiger partial charge in [0.1, 0.15) is 12.4 Å². The summed E-state index contributed by atoms with van der Waals surface area (Å²) in [5, 5.41) is 8.70. The molecule has 0 bridgehead atoms. The van der Waals surface area contributed by atoms with Crippen LogP contribution in [0, 0.1) is 0 Å². The number of aromatic carboxylic acids is 1. The van der Waals surface area contributed by atoms with Crippen molar-refractivity contribution in [1.82, 2.24) is 0 Å². The van der Waals surface area contributed by atoms with E-state index >= 15 is 0 Å². The number of ether oxygens (including phenoxy) is 1. The van der Waals surface area contributed by atoms with E-state index in [1.807, 2.05) is 0 Å². The number of hydrogen-bond acceptors (Lipinski definition) is 3. The Hall–Kier alpha value is -1.55. The van der Waals surface area contributed by atoms with E-state index in [1.54, 1.807) is 6.07 Å². The number of carbonyl (C=O) groups is 1. The fraction of sp³-hybridized carbons (Fsp3) is 0.222. The first-order valence-corrected chi connectivity index (χ1v) is 3.94. The third-order valence-corrected chi connectivity index (χ3v) is 2.08. The molecule has 0 amide bonds. The van der Waals surface area contributed by atoms with Gasteiger partial charge in [0.2, 0.25) is 0 Å². The maximum atomic E-state index is 10.6. The Kier molecular flexibility index (Phi) is 1.70. The van der Waals surface area contributed by atoms with Crippen LogP contribution in [0.2, 0.25) is 0 Å². The minimum atomic E-state index is -0.952. The number of benzene rings is 1. The van der Waals surface area contributed by atoms with Crippen molar-refractivity contribution in [1.29, 1.82) is 0 Å². The first kappa shape index (κ1) is 8.07. The van der Waals surface area contributed by atoms with E-state index < -0.39 is 5.97 Å². The molecule has 0 saturated carbocycles. The van der Waals surface area contributed by atoms with Crippen molar-refractivity contribution in [2.75, 3.05) is 6.61 Å². The molecule has 0 aromatic heterocycles. The van der Waals surface area contributed by atoms with Gasteiger partial charge >= 0.3 is 5.97 Å². The van der Waals surface area contributed by atoms with Crippen LogP contribution in [0.5, 0.6) is 5.75 Å². The Balaban J connectivity index is 2.45. The lowest BCUT2D eigenvalue weighted by Crippen LogP contribution is -2.10. The first-order chi connectivity index (χ1) is 6.18. The van der Waals surface area contributed by atoms with Gasteiger partial charge in [0, 0.05) is 5.56 Å². The number of rotatable bonds is 1. The van der Waals surface area contributed by atoms with E-state index in [0.717, 1.165) is 5.56 Å². The molecular weight excluding hydrogens is 170 g/mol. The molecule has 0 unspecified atom stereocenters. The van der Waals surface area contributed by atoms with E-state index in [0.29, 0.717) is 12.4 Å². The van der Waals surface area contributed by atoms with Gasteiger partial charge in [-0.15, -0.1) is 0 Å². The molecule has 4 heteroatoms. The lowest BCUT2D eigenvalue weighted by atomic mass is 10.1. The summed E-state index contributed by atoms with van der Waals surface area (Å²) >= 11 is 0. The highest BCUT2D eigenvalue weighted by Gasteiger charge is 2.21. The summed E-state index contributed by atoms with van der Waals surface area (Å²) in [6.07, 6.45) is 0. The monoisotopic (exact) mass is 179 g/mol. The average Bonchev–Trinajstić information content (AvgIpc) is 2.47. The molecule has 13 heavy (non-hydrogen) atoms. The molecule has 1 aromatic carbocycles. The van der Waals surface area contributed by atoms with Gasteiger partial charge in [-0.05, 0) is 12.1 Å². The van der Waals surface area contributed by atoms with Crippen LogP contribution in [0.1, 0.15) is 22.0 Å². The Morgan fingerprint density at radius 1 is 1.62 bits per heavy atom. The first-order valence-electron chi connectivity index (χ1n) is 3.94. The van der Waals surface area contributed by atoms with Gasteiger partial charge in [-0.25, -0.2) is 4.79 Å². The zero-order valence-electron chi connectivity index (χ0n) is 6.86. The summed E-state index contributed by atoms with van der Waals surface area (Å²) in [6, 6.07) is 4.62. The molecule has 1 aliphatic heterocycles. The van der Waals surface area contributed by atoms with Crippen molar-refractivity contribution in [2.45, 2.75) is 6.04 Å². The lowest BCUT2D eigenvalue weighted by molar-refractivity contribution is 0.0696. The summed E-state index contributed by atoms with van der Waals surface area (Å²) in [7, 11) is 0. The third kappa shape index (κ3) is 1.25. The second kappa shape index (κ2) is 2.74. The molecule has 0 aliphatic carbocycles. The van der Waals surface area contributed by atoms with E-state index in [1.165, 1.54) is 12.1 Å². The molecule has 1 atom stereocenters. The summed E-state index contributed by atoms with van der Waals surface area (Å²) in [4.78, 5) is 10.6. The SMILES string of the molecule is N[C@H]1COc2cc(C(=O)O)ccc21. The van der Waals surface area contributed by atoms with Gasteiger partial charge in [0.25, 0.3) is 0 Å². The highest BCUT2D eigenvalue weighted by atomic mass is 16.5. The Bertz CT molecular complexity index is 362. The van der Waals surface area contributed by atoms with Crippen LogP contribution >= 0.6 is 0 Å². The molecule has 0 saturated heterocycles. The summed E-state index contributed by atoms with van der Waals surface area (Å²) in [5.74, 6) is -0.362. The van der Waals surface area contributed by atoms with Gasteiger partial charge in [0.15, 0.2) is 0 Å². The smallest absolute Gasteiger partial charge is 0.335 e. The molecular formula is C9H9NO3. The second-order valence-corrected chi connectivity index (χ2v) is 2.98. The fourth-order valence-corrected chi connectivity index (χ4v) is 1.37. The van der Waals surface area contributed by atoms with Gasteiger partial charge in [0.05, 0.1) is 11.6 Å². The number of carboxylic acids is 1. The molecule has 1 aromatic rings. The van der Waals surface area contributed by atoms with Gasteiger partial charge in [-0.3, -0.25) is 0 Å². The molecule has 1 aliphatic rings. The minimum Gasteiger partial charge on any atom is -0.491 e. The number of hydrogen-bond donors (Lipinski definition) is 2. The maximum absolute atomic E-state index is 10.6. The Morgan fingerprint density at radius 3 is 3.08 bits per heavy atom. The zero-order valence-corrected chi connectivity index (χ0v) is 6.86. The molecule has 0 spiro atoms. The number of carboxylic acid groups (broad SMARTS) is 1. The van der Waals surface area contributed by atoms with Gasteiger partial charge in [-0.1, -0.05) is 6.07 Å². The largest absolute Gasteiger partial charge is 0.491 e. The van der Waals surface area contributed by atoms with E-state index in [2.05, 4.69) is 0 Å². The second-order valence-electron chi connectivity index (χ2n) is 2.98. The standard InChI is InChI=1S/C9H9NO3/c10-7-4-13-8-3-5(9(11)12)1-2-6(7)8/h1-3,7H,4,10H2,(H,11,12)/t7-/m0/s1. The summed E-state index contributed by atoms with van der Waals surface area (Å²) < 4.78 is 5.21. The molecule has 0 radical (unpaired) electrons. The van der Waals surface area contributed by atoms with Crippen molar-refractivity contribution in [3.8, 4) is 5.75 Å². The zero-order chi connectivity index (χ0) is 9.42. The third-order valence-electron chi connectivity index (χ3n) is 2.08. The normalized spacial score (nSPS) is 19.3. The van der Waals surface area contributed by atoms with Crippen molar-refractivity contribution in [3.63, 3.8) is 0 Å². The summed E-state index contributed by atoms with van der Waals surface area (Å²) in [6.45, 7) is 0.429. The topological polar surface area (TPSA) is 72.5 Å². The van der Waals surface area contributed by atoms with E-state index in [9.17, 15) is 4.79 Å². The van der Waals surface area contributed by atoms with Gasteiger partial charge < -0.3 is 15.6 Å². The number of fused-ring (bicyclic) bond motifs is 1. The molecule has 1 heterocycles. The summed E-state index contributed by atoms with van der Waals surface area (Å²) in [5.41, 5.74) is 6.81. The Labute approximate surface area is 74.9 Å². The van der Waals surface area contributed by atoms with E-state index in [-0.39, 0.29) is 11.6 Å². The van der Waals surface area contributed by atoms with Crippen LogP contribution in [0.4, 0.5) is 0 Å². The van der Waals surface area contributed by atoms with Crippen LogP contribution < -0.4 is 10.5 Å². The molecule has 0 fully saturated rings. The average molecular weight is 179 g/mol. The highest BCUT2D eigenvalue weighted by molar-refractivity contribution is 5.88. The molecule has 2 rings (SSSR count). The van der Waals surface area contributed by atoms with Crippen LogP contribution in [0.3, 0.4) is 0 Å². The molecule has 68 valence electrons. The van der Waals surface area contributed by atoms with E-state index in [4.69, 9.17) is 15.6 Å². The maximum Gasteiger partial charge on any atom is 0.335 e. The quantitative estimate of drug-likeness (QED) is 0.668. The predicted molar refractivity (Wildman–Crippen MR) is 45.8 cm³/mol. The van der Waals surface area contributed by atoms with Crippen molar-refractivity contribution >= 4 is 5.97 Å². The minimum absolute atomic E-state index is 0.127. The van der Waals surface area contributed by atoms with Crippen LogP contribution in [-0.4, -0.2) is 17.7 Å². The molecule has 4 nitrogen and oxygen atoms in total. The molecule has 3 N–H and O–H groups in total. The lowest BCUT2D eigenvalue weighted by Gasteiger charge is -2.00. The highest BCUT2D eigenvalue weighted by Crippen LogP contribution is 2.31. The fourth-order valence-electron chi connectivity index (χ4n) is 1.37. The van der Waals surface area contributed by atoms with Crippen molar-refractivity contribution < 1.29 is 14.6 Å². The van der Waals surface area contributed by atoms with Crippen LogP contribution in [0.25, 0.3) is 0 Å². The van der Waals surface area contributed by atoms with Crippen molar-refractivity contribution in [2.24, 2.45) is 5.73 Å². The number of nitrogens with two attached hydrogens (primary N) is 1. The van der Waals surface area contributed by atoms with Crippen LogP contribution in [0.15, 0.2) is 18.2 Å². The predicted octanol–water partition coefficient (Wildman–Crippen LogP) is 0.777. The van der Waals surface area contributed by atoms with Crippen molar-refractivity contribution in [3.05, 3.63) is 29.3 Å². The van der Waals surface area contributed by atoms with Gasteiger partial charge in [-0.2, -0.15) is 0 Å².